The lowest BCUT2D eigenvalue weighted by atomic mass is 10.2. The third kappa shape index (κ3) is 4.22. The largest absolute Gasteiger partial charge is 0.334 e. The first kappa shape index (κ1) is 20.4. The fourth-order valence-electron chi connectivity index (χ4n) is 3.13. The van der Waals surface area contributed by atoms with Gasteiger partial charge >= 0.3 is 0 Å². The van der Waals surface area contributed by atoms with Crippen molar-refractivity contribution in [2.75, 3.05) is 22.1 Å². The van der Waals surface area contributed by atoms with Crippen molar-refractivity contribution < 1.29 is 17.8 Å². The summed E-state index contributed by atoms with van der Waals surface area (Å²) < 4.78 is 31.8. The number of rotatable bonds is 5. The van der Waals surface area contributed by atoms with Gasteiger partial charge in [0.25, 0.3) is 16.0 Å². The fraction of sp³-hybridized carbons (Fsp3) is 0.158. The normalized spacial score (nSPS) is 19.2. The van der Waals surface area contributed by atoms with Crippen molar-refractivity contribution >= 4 is 67.5 Å². The predicted molar refractivity (Wildman–Crippen MR) is 122 cm³/mol. The molecule has 0 radical (unpaired) electrons. The molecule has 0 unspecified atom stereocenters. The zero-order valence-corrected chi connectivity index (χ0v) is 18.3. The molecule has 0 aromatic heterocycles. The molecule has 10 heteroatoms. The Kier molecular flexibility index (Phi) is 5.71. The van der Waals surface area contributed by atoms with Crippen molar-refractivity contribution in [1.29, 1.82) is 0 Å². The summed E-state index contributed by atoms with van der Waals surface area (Å²) in [4.78, 5) is 18.2. The van der Waals surface area contributed by atoms with Crippen LogP contribution in [0.1, 0.15) is 6.42 Å². The van der Waals surface area contributed by atoms with Crippen molar-refractivity contribution in [2.45, 2.75) is 11.3 Å². The van der Waals surface area contributed by atoms with Crippen molar-refractivity contribution in [3.05, 3.63) is 64.5 Å². The number of carbonyl (C=O) groups is 1. The second kappa shape index (κ2) is 8.11. The third-order valence-corrected chi connectivity index (χ3v) is 7.85. The summed E-state index contributed by atoms with van der Waals surface area (Å²) in [6, 6.07) is 16.9. The van der Waals surface area contributed by atoms with Crippen molar-refractivity contribution in [2.24, 2.45) is 0 Å². The molecule has 2 aliphatic heterocycles. The summed E-state index contributed by atoms with van der Waals surface area (Å²) in [6.07, 6.45) is 0.232. The first-order valence-corrected chi connectivity index (χ1v) is 12.4. The molecule has 2 aliphatic rings. The van der Waals surface area contributed by atoms with Gasteiger partial charge in [0, 0.05) is 11.4 Å². The quantitative estimate of drug-likeness (QED) is 0.402. The van der Waals surface area contributed by atoms with E-state index in [2.05, 4.69) is 0 Å². The topological polar surface area (TPSA) is 77.9 Å². The molecule has 2 heterocycles. The van der Waals surface area contributed by atoms with Crippen LogP contribution in [0, 0.1) is 0 Å². The van der Waals surface area contributed by atoms with Gasteiger partial charge in [-0.15, -0.1) is 0 Å². The molecule has 1 amide bonds. The van der Waals surface area contributed by atoms with Crippen molar-refractivity contribution in [1.82, 2.24) is 0 Å². The zero-order valence-electron chi connectivity index (χ0n) is 15.0. The van der Waals surface area contributed by atoms with Crippen molar-refractivity contribution in [3.63, 3.8) is 0 Å². The van der Waals surface area contributed by atoms with Gasteiger partial charge in [-0.2, -0.15) is 8.42 Å². The van der Waals surface area contributed by atoms with Crippen molar-refractivity contribution in [3.8, 4) is 0 Å². The minimum Gasteiger partial charge on any atom is -0.334 e. The van der Waals surface area contributed by atoms with Crippen LogP contribution in [0.2, 0.25) is 0 Å². The van der Waals surface area contributed by atoms with E-state index < -0.39 is 10.1 Å². The van der Waals surface area contributed by atoms with Gasteiger partial charge in [-0.25, -0.2) is 0 Å². The van der Waals surface area contributed by atoms with Crippen LogP contribution < -0.4 is 9.80 Å². The Morgan fingerprint density at radius 1 is 1.00 bits per heavy atom. The minimum atomic E-state index is -4.04. The van der Waals surface area contributed by atoms with E-state index in [1.165, 1.54) is 28.4 Å². The molecule has 0 spiro atoms. The molecule has 0 saturated carbocycles. The van der Waals surface area contributed by atoms with E-state index in [0.717, 1.165) is 15.6 Å². The summed E-state index contributed by atoms with van der Waals surface area (Å²) in [5.74, 6) is -0.532. The second-order valence-corrected chi connectivity index (χ2v) is 10.6. The lowest BCUT2D eigenvalue weighted by Crippen LogP contribution is -2.29. The molecule has 6 nitrogen and oxygen atoms in total. The van der Waals surface area contributed by atoms with E-state index >= 15 is 0 Å². The molecular weight excluding hydrogens is 448 g/mol. The maximum Gasteiger partial charge on any atom is 0.273 e. The van der Waals surface area contributed by atoms with Gasteiger partial charge in [0.05, 0.1) is 17.1 Å². The van der Waals surface area contributed by atoms with Crippen LogP contribution in [0.15, 0.2) is 69.4 Å². The average molecular weight is 465 g/mol. The Labute approximate surface area is 182 Å². The molecule has 0 atom stereocenters. The van der Waals surface area contributed by atoms with Gasteiger partial charge < -0.3 is 4.90 Å². The van der Waals surface area contributed by atoms with Gasteiger partial charge in [-0.3, -0.25) is 14.2 Å². The number of thioether (sulfide) groups is 2. The standard InChI is InChI=1S/C19H16N2O4S4/c22-17-16(28-19(26)21(17)13-7-2-1-3-8-13)18-20(11-6-12-29(23,24)25)14-9-4-5-10-15(14)27-18/h1-5,7-10H,6,11-12H2,(H,23,24,25)/b18-16+. The van der Waals surface area contributed by atoms with E-state index in [4.69, 9.17) is 16.8 Å². The highest BCUT2D eigenvalue weighted by atomic mass is 32.2. The molecule has 2 aromatic rings. The summed E-state index contributed by atoms with van der Waals surface area (Å²) in [5, 5.41) is 0.734. The maximum absolute atomic E-state index is 13.2. The van der Waals surface area contributed by atoms with E-state index in [-0.39, 0.29) is 18.1 Å². The number of fused-ring (bicyclic) bond motifs is 1. The summed E-state index contributed by atoms with van der Waals surface area (Å²) >= 11 is 8.18. The highest BCUT2D eigenvalue weighted by Crippen LogP contribution is 2.51. The average Bonchev–Trinajstić information content (AvgIpc) is 3.18. The fourth-order valence-corrected chi connectivity index (χ4v) is 6.26. The van der Waals surface area contributed by atoms with Gasteiger partial charge in [0.1, 0.15) is 9.93 Å². The van der Waals surface area contributed by atoms with Crippen LogP contribution in [-0.2, 0) is 14.9 Å². The Bertz CT molecular complexity index is 1120. The molecule has 150 valence electrons. The number of para-hydroxylation sites is 2. The molecule has 29 heavy (non-hydrogen) atoms. The number of anilines is 2. The van der Waals surface area contributed by atoms with Crippen LogP contribution in [-0.4, -0.2) is 35.5 Å². The van der Waals surface area contributed by atoms with Crippen LogP contribution >= 0.6 is 35.7 Å². The summed E-state index contributed by atoms with van der Waals surface area (Å²) in [5.41, 5.74) is 1.62. The lowest BCUT2D eigenvalue weighted by molar-refractivity contribution is -0.113. The van der Waals surface area contributed by atoms with Gasteiger partial charge in [-0.05, 0) is 30.7 Å². The van der Waals surface area contributed by atoms with E-state index in [1.54, 1.807) is 0 Å². The second-order valence-electron chi connectivity index (χ2n) is 6.34. The minimum absolute atomic E-state index is 0.193. The molecular formula is C19H16N2O4S4. The van der Waals surface area contributed by atoms with Gasteiger partial charge in [0.2, 0.25) is 0 Å². The van der Waals surface area contributed by atoms with Crippen LogP contribution in [0.3, 0.4) is 0 Å². The molecule has 1 saturated heterocycles. The monoisotopic (exact) mass is 464 g/mol. The SMILES string of the molecule is O=C1/C(=C2\Sc3ccccc3N2CCCS(=O)(=O)O)SC(=S)N1c1ccccc1. The number of amides is 1. The highest BCUT2D eigenvalue weighted by molar-refractivity contribution is 8.27. The predicted octanol–water partition coefficient (Wildman–Crippen LogP) is 4.11. The summed E-state index contributed by atoms with van der Waals surface area (Å²) in [7, 11) is -4.04. The van der Waals surface area contributed by atoms with E-state index in [0.29, 0.717) is 21.5 Å². The lowest BCUT2D eigenvalue weighted by Gasteiger charge is -2.21. The van der Waals surface area contributed by atoms with Gasteiger partial charge in [-0.1, -0.05) is 66.1 Å². The molecule has 2 aromatic carbocycles. The first-order valence-electron chi connectivity index (χ1n) is 8.70. The Morgan fingerprint density at radius 2 is 1.69 bits per heavy atom. The molecule has 1 fully saturated rings. The van der Waals surface area contributed by atoms with E-state index in [9.17, 15) is 13.2 Å². The maximum atomic E-state index is 13.2. The number of thiocarbonyl (C=S) groups is 1. The third-order valence-electron chi connectivity index (χ3n) is 4.37. The number of hydrogen-bond donors (Lipinski definition) is 1. The highest BCUT2D eigenvalue weighted by Gasteiger charge is 2.39. The smallest absolute Gasteiger partial charge is 0.273 e. The van der Waals surface area contributed by atoms with Crippen LogP contribution in [0.4, 0.5) is 11.4 Å². The molecule has 4 rings (SSSR count). The Hall–Kier alpha value is -1.85. The van der Waals surface area contributed by atoms with E-state index in [1.807, 2.05) is 59.5 Å². The number of benzene rings is 2. The molecule has 0 aliphatic carbocycles. The van der Waals surface area contributed by atoms with Gasteiger partial charge in [0.15, 0.2) is 4.32 Å². The van der Waals surface area contributed by atoms with Crippen LogP contribution in [0.25, 0.3) is 0 Å². The zero-order chi connectivity index (χ0) is 20.6. The molecule has 0 bridgehead atoms. The van der Waals surface area contributed by atoms with Crippen LogP contribution in [0.5, 0.6) is 0 Å². The number of hydrogen-bond acceptors (Lipinski definition) is 7. The number of carbonyl (C=O) groups excluding carboxylic acids is 1. The Morgan fingerprint density at radius 3 is 2.41 bits per heavy atom. The Balaban J connectivity index is 1.69. The number of nitrogens with zero attached hydrogens (tertiary/aromatic N) is 2. The first-order chi connectivity index (χ1) is 13.8. The molecule has 1 N–H and O–H groups in total. The summed E-state index contributed by atoms with van der Waals surface area (Å²) in [6.45, 7) is 0.356.